The van der Waals surface area contributed by atoms with E-state index in [0.717, 1.165) is 18.4 Å². The van der Waals surface area contributed by atoms with Gasteiger partial charge in [-0.1, -0.05) is 19.4 Å². The number of hydrogen-bond donors (Lipinski definition) is 1. The summed E-state index contributed by atoms with van der Waals surface area (Å²) in [6, 6.07) is 0. The summed E-state index contributed by atoms with van der Waals surface area (Å²) in [4.78, 5) is 11.8. The molecular formula is C16H22O4. The predicted octanol–water partition coefficient (Wildman–Crippen LogP) is 1.81. The first-order valence-electron chi connectivity index (χ1n) is 7.65. The molecule has 3 fully saturated rings. The van der Waals surface area contributed by atoms with Gasteiger partial charge in [0.25, 0.3) is 0 Å². The Labute approximate surface area is 119 Å². The smallest absolute Gasteiger partial charge is 0.162 e. The summed E-state index contributed by atoms with van der Waals surface area (Å²) in [6.07, 6.45) is 4.23. The van der Waals surface area contributed by atoms with Crippen LogP contribution < -0.4 is 0 Å². The molecule has 0 amide bonds. The topological polar surface area (TPSA) is 55.8 Å². The van der Waals surface area contributed by atoms with Crippen LogP contribution in [0.25, 0.3) is 0 Å². The molecule has 0 aromatic rings. The first-order chi connectivity index (χ1) is 9.46. The van der Waals surface area contributed by atoms with Crippen molar-refractivity contribution in [1.82, 2.24) is 0 Å². The number of ether oxygens (including phenoxy) is 2. The lowest BCUT2D eigenvalue weighted by atomic mass is 9.52. The van der Waals surface area contributed by atoms with Gasteiger partial charge in [-0.15, -0.1) is 0 Å². The van der Waals surface area contributed by atoms with Crippen LogP contribution in [0.3, 0.4) is 0 Å². The number of allylic oxidation sites excluding steroid dienone is 1. The van der Waals surface area contributed by atoms with Gasteiger partial charge in [-0.25, -0.2) is 0 Å². The van der Waals surface area contributed by atoms with Crippen molar-refractivity contribution < 1.29 is 19.4 Å². The van der Waals surface area contributed by atoms with Crippen LogP contribution in [-0.4, -0.2) is 36.0 Å². The van der Waals surface area contributed by atoms with Gasteiger partial charge < -0.3 is 14.6 Å². The molecule has 4 rings (SSSR count). The molecule has 3 unspecified atom stereocenters. The molecular weight excluding hydrogens is 256 g/mol. The second-order valence-electron chi connectivity index (χ2n) is 7.38. The first-order valence-corrected chi connectivity index (χ1v) is 7.65. The molecule has 0 spiro atoms. The van der Waals surface area contributed by atoms with E-state index in [2.05, 4.69) is 13.8 Å². The summed E-state index contributed by atoms with van der Waals surface area (Å²) in [5.41, 5.74) is 0.685. The summed E-state index contributed by atoms with van der Waals surface area (Å²) in [6.45, 7) is 4.91. The Kier molecular flexibility index (Phi) is 2.55. The molecule has 0 aromatic heterocycles. The standard InChI is InChI=1S/C16H22O4/c1-15(2)12-7-11(18)16(8-19-14(20-12)13(15)16)9-4-3-5-10(17)6-9/h6,11-14,18H,3-5,7-8H2,1-2H3/t11-,12?,13?,14+,16?/m0/s1. The van der Waals surface area contributed by atoms with Crippen molar-refractivity contribution >= 4 is 5.78 Å². The molecule has 2 saturated heterocycles. The summed E-state index contributed by atoms with van der Waals surface area (Å²) < 4.78 is 11.9. The maximum absolute atomic E-state index is 11.8. The number of carbonyl (C=O) groups excluding carboxylic acids is 1. The minimum Gasteiger partial charge on any atom is -0.392 e. The molecule has 4 heteroatoms. The lowest BCUT2D eigenvalue weighted by Crippen LogP contribution is -2.55. The van der Waals surface area contributed by atoms with Gasteiger partial charge in [0.1, 0.15) is 0 Å². The predicted molar refractivity (Wildman–Crippen MR) is 71.9 cm³/mol. The fraction of sp³-hybridized carbons (Fsp3) is 0.812. The van der Waals surface area contributed by atoms with Gasteiger partial charge in [-0.3, -0.25) is 4.79 Å². The maximum Gasteiger partial charge on any atom is 0.162 e. The van der Waals surface area contributed by atoms with E-state index in [0.29, 0.717) is 19.4 Å². The Morgan fingerprint density at radius 2 is 2.15 bits per heavy atom. The molecule has 2 aliphatic carbocycles. The van der Waals surface area contributed by atoms with Crippen LogP contribution >= 0.6 is 0 Å². The Morgan fingerprint density at radius 3 is 2.90 bits per heavy atom. The zero-order valence-electron chi connectivity index (χ0n) is 12.1. The van der Waals surface area contributed by atoms with Crippen LogP contribution in [0, 0.1) is 16.7 Å². The third-order valence-electron chi connectivity index (χ3n) is 6.08. The number of carbonyl (C=O) groups is 1. The average molecular weight is 278 g/mol. The van der Waals surface area contributed by atoms with Crippen molar-refractivity contribution in [3.05, 3.63) is 11.6 Å². The van der Waals surface area contributed by atoms with Gasteiger partial charge in [0, 0.05) is 24.2 Å². The van der Waals surface area contributed by atoms with E-state index < -0.39 is 11.5 Å². The van der Waals surface area contributed by atoms with Crippen molar-refractivity contribution in [1.29, 1.82) is 0 Å². The molecule has 2 aliphatic heterocycles. The van der Waals surface area contributed by atoms with Crippen LogP contribution in [0.2, 0.25) is 0 Å². The van der Waals surface area contributed by atoms with Crippen LogP contribution in [0.1, 0.15) is 39.5 Å². The normalized spacial score (nSPS) is 49.4. The molecule has 1 saturated carbocycles. The fourth-order valence-corrected chi connectivity index (χ4v) is 5.06. The summed E-state index contributed by atoms with van der Waals surface area (Å²) in [5, 5.41) is 10.8. The van der Waals surface area contributed by atoms with Gasteiger partial charge in [0.2, 0.25) is 0 Å². The van der Waals surface area contributed by atoms with E-state index in [4.69, 9.17) is 9.47 Å². The van der Waals surface area contributed by atoms with Gasteiger partial charge in [-0.05, 0) is 24.3 Å². The van der Waals surface area contributed by atoms with Crippen molar-refractivity contribution in [3.63, 3.8) is 0 Å². The van der Waals surface area contributed by atoms with Crippen molar-refractivity contribution in [2.24, 2.45) is 16.7 Å². The Hall–Kier alpha value is -0.710. The number of rotatable bonds is 1. The molecule has 110 valence electrons. The van der Waals surface area contributed by atoms with Crippen molar-refractivity contribution in [3.8, 4) is 0 Å². The lowest BCUT2D eigenvalue weighted by Gasteiger charge is -2.50. The number of hydrogen-bond acceptors (Lipinski definition) is 4. The quantitative estimate of drug-likeness (QED) is 0.795. The van der Waals surface area contributed by atoms with E-state index in [1.807, 2.05) is 0 Å². The molecule has 5 atom stereocenters. The molecule has 2 bridgehead atoms. The molecule has 4 aliphatic rings. The zero-order valence-corrected chi connectivity index (χ0v) is 12.1. The lowest BCUT2D eigenvalue weighted by molar-refractivity contribution is -0.150. The summed E-state index contributed by atoms with van der Waals surface area (Å²) in [5.74, 6) is 0.344. The van der Waals surface area contributed by atoms with Gasteiger partial charge in [-0.2, -0.15) is 0 Å². The van der Waals surface area contributed by atoms with E-state index >= 15 is 0 Å². The van der Waals surface area contributed by atoms with E-state index in [1.165, 1.54) is 0 Å². The molecule has 20 heavy (non-hydrogen) atoms. The number of aliphatic hydroxyl groups excluding tert-OH is 1. The maximum atomic E-state index is 11.8. The Bertz CT molecular complexity index is 495. The second-order valence-corrected chi connectivity index (χ2v) is 7.38. The third kappa shape index (κ3) is 1.40. The van der Waals surface area contributed by atoms with Gasteiger partial charge >= 0.3 is 0 Å². The van der Waals surface area contributed by atoms with Crippen molar-refractivity contribution in [2.75, 3.05) is 6.61 Å². The van der Waals surface area contributed by atoms with Gasteiger partial charge in [0.05, 0.1) is 18.8 Å². The van der Waals surface area contributed by atoms with E-state index in [-0.39, 0.29) is 29.5 Å². The van der Waals surface area contributed by atoms with Crippen LogP contribution in [0.5, 0.6) is 0 Å². The monoisotopic (exact) mass is 278 g/mol. The summed E-state index contributed by atoms with van der Waals surface area (Å²) >= 11 is 0. The Morgan fingerprint density at radius 1 is 1.35 bits per heavy atom. The van der Waals surface area contributed by atoms with Crippen LogP contribution in [0.4, 0.5) is 0 Å². The largest absolute Gasteiger partial charge is 0.392 e. The second kappa shape index (κ2) is 3.93. The van der Waals surface area contributed by atoms with Crippen LogP contribution in [-0.2, 0) is 14.3 Å². The average Bonchev–Trinajstić information content (AvgIpc) is 2.83. The van der Waals surface area contributed by atoms with Gasteiger partial charge in [0.15, 0.2) is 12.1 Å². The first kappa shape index (κ1) is 13.0. The fourth-order valence-electron chi connectivity index (χ4n) is 5.06. The number of aliphatic hydroxyl groups is 1. The van der Waals surface area contributed by atoms with Crippen LogP contribution in [0.15, 0.2) is 11.6 Å². The molecule has 0 aromatic carbocycles. The molecule has 0 radical (unpaired) electrons. The highest BCUT2D eigenvalue weighted by molar-refractivity contribution is 5.91. The molecule has 2 heterocycles. The molecule has 4 nitrogen and oxygen atoms in total. The third-order valence-corrected chi connectivity index (χ3v) is 6.08. The summed E-state index contributed by atoms with van der Waals surface area (Å²) in [7, 11) is 0. The minimum atomic E-state index is -0.463. The number of ketones is 1. The highest BCUT2D eigenvalue weighted by atomic mass is 16.7. The molecule has 1 N–H and O–H groups in total. The highest BCUT2D eigenvalue weighted by Gasteiger charge is 2.70. The SMILES string of the molecule is CC1(C)C2C[C@H](O)C3(C4=CC(=O)CCC4)CO[C@H](O2)C13. The zero-order chi connectivity index (χ0) is 14.1. The van der Waals surface area contributed by atoms with E-state index in [1.54, 1.807) is 6.08 Å². The highest BCUT2D eigenvalue weighted by Crippen LogP contribution is 2.65. The van der Waals surface area contributed by atoms with Crippen molar-refractivity contribution in [2.45, 2.75) is 58.0 Å². The van der Waals surface area contributed by atoms with E-state index in [9.17, 15) is 9.90 Å². The number of fused-ring (bicyclic) bond motifs is 1. The minimum absolute atomic E-state index is 0.0122. The Balaban J connectivity index is 1.84.